The quantitative estimate of drug-likeness (QED) is 0.806. The fraction of sp³-hybridized carbons (Fsp3) is 0.500. The van der Waals surface area contributed by atoms with Crippen LogP contribution in [0.1, 0.15) is 63.1 Å². The van der Waals surface area contributed by atoms with Gasteiger partial charge in [-0.1, -0.05) is 26.3 Å². The van der Waals surface area contributed by atoms with Gasteiger partial charge in [-0.25, -0.2) is 8.78 Å². The fourth-order valence-electron chi connectivity index (χ4n) is 4.02. The summed E-state index contributed by atoms with van der Waals surface area (Å²) in [6, 6.07) is 5.57. The van der Waals surface area contributed by atoms with Crippen molar-refractivity contribution in [3.63, 3.8) is 0 Å². The number of hydrogen-bond acceptors (Lipinski definition) is 3. The number of carbonyl (C=O) groups excluding carboxylic acids is 1. The van der Waals surface area contributed by atoms with Gasteiger partial charge in [0.05, 0.1) is 17.0 Å². The second kappa shape index (κ2) is 9.22. The molecule has 4 nitrogen and oxygen atoms in total. The van der Waals surface area contributed by atoms with Crippen LogP contribution in [0.25, 0.3) is 11.3 Å². The smallest absolute Gasteiger partial charge is 0.220 e. The van der Waals surface area contributed by atoms with Gasteiger partial charge < -0.3 is 5.32 Å². The lowest BCUT2D eigenvalue weighted by Gasteiger charge is -2.33. The molecule has 150 valence electrons. The maximum atomic E-state index is 14.0. The molecule has 1 amide bonds. The van der Waals surface area contributed by atoms with Crippen molar-refractivity contribution in [2.75, 3.05) is 6.54 Å². The number of aryl methyl sites for hydroxylation is 1. The minimum atomic E-state index is -0.628. The van der Waals surface area contributed by atoms with Gasteiger partial charge in [0.25, 0.3) is 0 Å². The van der Waals surface area contributed by atoms with Crippen LogP contribution >= 0.6 is 0 Å². The fourth-order valence-corrected chi connectivity index (χ4v) is 4.02. The molecule has 4 rings (SSSR count). The summed E-state index contributed by atoms with van der Waals surface area (Å²) >= 11 is 0. The predicted molar refractivity (Wildman–Crippen MR) is 105 cm³/mol. The molecule has 1 aromatic carbocycles. The first-order chi connectivity index (χ1) is 13.5. The lowest BCUT2D eigenvalue weighted by atomic mass is 9.76. The van der Waals surface area contributed by atoms with Crippen LogP contribution in [0.5, 0.6) is 0 Å². The molecule has 2 aliphatic rings. The van der Waals surface area contributed by atoms with Crippen molar-refractivity contribution in [2.24, 2.45) is 5.92 Å². The summed E-state index contributed by atoms with van der Waals surface area (Å²) < 4.78 is 28.0. The first-order valence-electron chi connectivity index (χ1n) is 10.1. The van der Waals surface area contributed by atoms with Crippen LogP contribution in [0.2, 0.25) is 0 Å². The minimum absolute atomic E-state index is 0.101. The van der Waals surface area contributed by atoms with Crippen LogP contribution in [0.4, 0.5) is 8.78 Å². The molecule has 1 fully saturated rings. The van der Waals surface area contributed by atoms with Crippen molar-refractivity contribution in [1.82, 2.24) is 15.5 Å². The topological polar surface area (TPSA) is 54.9 Å². The normalized spacial score (nSPS) is 21.2. The van der Waals surface area contributed by atoms with Gasteiger partial charge >= 0.3 is 0 Å². The van der Waals surface area contributed by atoms with E-state index >= 15 is 0 Å². The molecule has 0 spiro atoms. The Morgan fingerprint density at radius 1 is 1.11 bits per heavy atom. The zero-order valence-corrected chi connectivity index (χ0v) is 16.5. The summed E-state index contributed by atoms with van der Waals surface area (Å²) in [5, 5.41) is 11.4. The maximum Gasteiger partial charge on any atom is 0.220 e. The molecule has 2 aromatic rings. The van der Waals surface area contributed by atoms with Gasteiger partial charge in [-0.2, -0.15) is 10.2 Å². The molecule has 1 N–H and O–H groups in total. The largest absolute Gasteiger partial charge is 0.356 e. The van der Waals surface area contributed by atoms with E-state index in [-0.39, 0.29) is 23.1 Å². The van der Waals surface area contributed by atoms with Gasteiger partial charge in [-0.05, 0) is 55.4 Å². The first kappa shape index (κ1) is 20.4. The summed E-state index contributed by atoms with van der Waals surface area (Å²) in [6.07, 6.45) is 5.50. The lowest BCUT2D eigenvalue weighted by Crippen LogP contribution is -2.38. The minimum Gasteiger partial charge on any atom is -0.356 e. The van der Waals surface area contributed by atoms with E-state index in [0.29, 0.717) is 18.9 Å². The number of carbonyl (C=O) groups is 1. The van der Waals surface area contributed by atoms with Gasteiger partial charge in [0.1, 0.15) is 11.6 Å². The number of nitrogens with zero attached hydrogens (tertiary/aromatic N) is 2. The number of benzene rings is 1. The predicted octanol–water partition coefficient (Wildman–Crippen LogP) is 4.78. The standard InChI is InChI=1S/C19H19F2N3O.C3H8/c20-14-5-2-6-15(21)18(14)16-9-11-3-1-4-13(19(11)24-23-16)12-7-8-17(25)22-10-12;1-3-2/h2,5-6,9,12-13H,1,3-4,7-8,10H2,(H,22,25);3H2,1-2H3. The molecule has 1 aliphatic carbocycles. The third kappa shape index (κ3) is 4.37. The highest BCUT2D eigenvalue weighted by atomic mass is 19.1. The molecule has 2 atom stereocenters. The Hall–Kier alpha value is -2.37. The Labute approximate surface area is 164 Å². The van der Waals surface area contributed by atoms with Gasteiger partial charge in [0.2, 0.25) is 5.91 Å². The summed E-state index contributed by atoms with van der Waals surface area (Å²) in [5.74, 6) is -0.560. The SMILES string of the molecule is CCC.O=C1CCC(C2CCCc3cc(-c4c(F)cccc4F)nnc32)CN1. The molecule has 1 aromatic heterocycles. The third-order valence-corrected chi connectivity index (χ3v) is 5.31. The first-order valence-corrected chi connectivity index (χ1v) is 10.1. The van der Waals surface area contributed by atoms with Crippen molar-refractivity contribution in [3.05, 3.63) is 47.2 Å². The number of aromatic nitrogens is 2. The molecular weight excluding hydrogens is 360 g/mol. The molecule has 0 bridgehead atoms. The number of halogens is 2. The van der Waals surface area contributed by atoms with Crippen molar-refractivity contribution in [2.45, 2.75) is 58.3 Å². The average Bonchev–Trinajstić information content (AvgIpc) is 2.68. The van der Waals surface area contributed by atoms with E-state index in [4.69, 9.17) is 0 Å². The molecule has 0 saturated carbocycles. The van der Waals surface area contributed by atoms with Crippen molar-refractivity contribution < 1.29 is 13.6 Å². The highest BCUT2D eigenvalue weighted by Crippen LogP contribution is 2.39. The molecule has 2 unspecified atom stereocenters. The third-order valence-electron chi connectivity index (χ3n) is 5.31. The number of rotatable bonds is 2. The molecule has 28 heavy (non-hydrogen) atoms. The molecular formula is C22H27F2N3O. The van der Waals surface area contributed by atoms with Crippen molar-refractivity contribution >= 4 is 5.91 Å². The molecule has 6 heteroatoms. The number of fused-ring (bicyclic) bond motifs is 1. The number of amides is 1. The summed E-state index contributed by atoms with van der Waals surface area (Å²) in [6.45, 7) is 4.91. The highest BCUT2D eigenvalue weighted by molar-refractivity contribution is 5.76. The monoisotopic (exact) mass is 387 g/mol. The van der Waals surface area contributed by atoms with Crippen molar-refractivity contribution in [3.8, 4) is 11.3 Å². The Balaban J connectivity index is 0.000000706. The van der Waals surface area contributed by atoms with E-state index < -0.39 is 11.6 Å². The second-order valence-electron chi connectivity index (χ2n) is 7.55. The van der Waals surface area contributed by atoms with Gasteiger partial charge in [-0.3, -0.25) is 4.79 Å². The molecule has 1 aliphatic heterocycles. The van der Waals surface area contributed by atoms with E-state index in [1.165, 1.54) is 24.6 Å². The van der Waals surface area contributed by atoms with Crippen LogP contribution < -0.4 is 5.32 Å². The van der Waals surface area contributed by atoms with E-state index in [2.05, 4.69) is 29.4 Å². The zero-order chi connectivity index (χ0) is 20.1. The van der Waals surface area contributed by atoms with Crippen LogP contribution in [0.15, 0.2) is 24.3 Å². The zero-order valence-electron chi connectivity index (χ0n) is 16.5. The Morgan fingerprint density at radius 2 is 1.82 bits per heavy atom. The number of hydrogen-bond donors (Lipinski definition) is 1. The summed E-state index contributed by atoms with van der Waals surface area (Å²) in [4.78, 5) is 11.4. The lowest BCUT2D eigenvalue weighted by molar-refractivity contribution is -0.123. The highest BCUT2D eigenvalue weighted by Gasteiger charge is 2.32. The number of nitrogens with one attached hydrogen (secondary N) is 1. The van der Waals surface area contributed by atoms with E-state index in [0.717, 1.165) is 36.9 Å². The van der Waals surface area contributed by atoms with Crippen LogP contribution in [-0.2, 0) is 11.2 Å². The Bertz CT molecular complexity index is 810. The molecule has 0 radical (unpaired) electrons. The maximum absolute atomic E-state index is 14.0. The Kier molecular flexibility index (Phi) is 6.70. The average molecular weight is 387 g/mol. The summed E-state index contributed by atoms with van der Waals surface area (Å²) in [5.41, 5.74) is 2.06. The van der Waals surface area contributed by atoms with Crippen LogP contribution in [-0.4, -0.2) is 22.6 Å². The van der Waals surface area contributed by atoms with Gasteiger partial charge in [0.15, 0.2) is 0 Å². The van der Waals surface area contributed by atoms with Crippen LogP contribution in [0.3, 0.4) is 0 Å². The second-order valence-corrected chi connectivity index (χ2v) is 7.55. The van der Waals surface area contributed by atoms with Crippen molar-refractivity contribution in [1.29, 1.82) is 0 Å². The number of piperidine rings is 1. The molecule has 2 heterocycles. The van der Waals surface area contributed by atoms with Gasteiger partial charge in [-0.15, -0.1) is 0 Å². The van der Waals surface area contributed by atoms with E-state index in [1.54, 1.807) is 6.07 Å². The van der Waals surface area contributed by atoms with E-state index in [1.807, 2.05) is 0 Å². The summed E-state index contributed by atoms with van der Waals surface area (Å²) in [7, 11) is 0. The Morgan fingerprint density at radius 3 is 2.46 bits per heavy atom. The van der Waals surface area contributed by atoms with E-state index in [9.17, 15) is 13.6 Å². The van der Waals surface area contributed by atoms with Gasteiger partial charge in [0, 0.05) is 18.9 Å². The molecule has 1 saturated heterocycles. The van der Waals surface area contributed by atoms with Crippen LogP contribution in [0, 0.1) is 17.6 Å².